The summed E-state index contributed by atoms with van der Waals surface area (Å²) in [5, 5.41) is 24.3. The summed E-state index contributed by atoms with van der Waals surface area (Å²) in [6, 6.07) is 8.86. The van der Waals surface area contributed by atoms with E-state index in [1.165, 1.54) is 16.0 Å². The molecular formula is C15H17N7OS. The minimum absolute atomic E-state index is 0.155. The van der Waals surface area contributed by atoms with Crippen LogP contribution in [0.1, 0.15) is 27.4 Å². The number of nitrogens with zero attached hydrogens (tertiary/aromatic N) is 6. The van der Waals surface area contributed by atoms with E-state index in [4.69, 9.17) is 0 Å². The third-order valence-electron chi connectivity index (χ3n) is 3.47. The molecule has 0 spiro atoms. The zero-order chi connectivity index (χ0) is 16.9. The van der Waals surface area contributed by atoms with Crippen molar-refractivity contribution in [2.45, 2.75) is 26.3 Å². The van der Waals surface area contributed by atoms with Gasteiger partial charge in [-0.1, -0.05) is 30.3 Å². The Morgan fingerprint density at radius 3 is 2.62 bits per heavy atom. The molecule has 1 N–H and O–H groups in total. The number of carbonyl (C=O) groups excluding carboxylic acids is 1. The summed E-state index contributed by atoms with van der Waals surface area (Å²) >= 11 is 1.53. The highest BCUT2D eigenvalue weighted by Crippen LogP contribution is 2.18. The molecule has 0 saturated carbocycles. The van der Waals surface area contributed by atoms with Gasteiger partial charge in [0.05, 0.1) is 0 Å². The van der Waals surface area contributed by atoms with Crippen LogP contribution in [0.25, 0.3) is 0 Å². The molecule has 3 aromatic rings. The second-order valence-electron chi connectivity index (χ2n) is 5.24. The molecule has 3 rings (SSSR count). The van der Waals surface area contributed by atoms with E-state index in [1.54, 1.807) is 6.92 Å². The zero-order valence-corrected chi connectivity index (χ0v) is 14.2. The normalized spacial score (nSPS) is 12.1. The molecule has 1 atom stereocenters. The molecular weight excluding hydrogens is 326 g/mol. The predicted molar refractivity (Wildman–Crippen MR) is 88.5 cm³/mol. The van der Waals surface area contributed by atoms with E-state index in [9.17, 15) is 4.79 Å². The average Bonchev–Trinajstić information content (AvgIpc) is 3.18. The molecule has 1 amide bonds. The van der Waals surface area contributed by atoms with Gasteiger partial charge in [-0.15, -0.1) is 26.6 Å². The van der Waals surface area contributed by atoms with Crippen LogP contribution in [-0.2, 0) is 11.2 Å². The van der Waals surface area contributed by atoms with E-state index < -0.39 is 6.04 Å². The van der Waals surface area contributed by atoms with E-state index >= 15 is 0 Å². The molecule has 1 aromatic carbocycles. The lowest BCUT2D eigenvalue weighted by molar-refractivity contribution is -0.123. The summed E-state index contributed by atoms with van der Waals surface area (Å²) in [5.41, 5.74) is 0.831. The van der Waals surface area contributed by atoms with E-state index in [2.05, 4.69) is 31.0 Å². The van der Waals surface area contributed by atoms with Crippen LogP contribution in [0.2, 0.25) is 0 Å². The monoisotopic (exact) mass is 343 g/mol. The van der Waals surface area contributed by atoms with Gasteiger partial charge in [0.1, 0.15) is 15.8 Å². The summed E-state index contributed by atoms with van der Waals surface area (Å²) in [6.45, 7) is 4.16. The van der Waals surface area contributed by atoms with Gasteiger partial charge in [0.2, 0.25) is 5.91 Å². The Kier molecular flexibility index (Phi) is 4.90. The van der Waals surface area contributed by atoms with Crippen molar-refractivity contribution < 1.29 is 4.79 Å². The number of benzene rings is 1. The lowest BCUT2D eigenvalue weighted by atomic mass is 10.1. The predicted octanol–water partition coefficient (Wildman–Crippen LogP) is 1.09. The third kappa shape index (κ3) is 3.62. The molecule has 0 fully saturated rings. The van der Waals surface area contributed by atoms with Crippen LogP contribution in [0, 0.1) is 13.8 Å². The highest BCUT2D eigenvalue weighted by Gasteiger charge is 2.25. The van der Waals surface area contributed by atoms with Crippen molar-refractivity contribution in [3.05, 3.63) is 51.7 Å². The third-order valence-corrected chi connectivity index (χ3v) is 4.37. The van der Waals surface area contributed by atoms with E-state index in [0.717, 1.165) is 15.6 Å². The Morgan fingerprint density at radius 2 is 2.00 bits per heavy atom. The summed E-state index contributed by atoms with van der Waals surface area (Å²) in [4.78, 5) is 12.7. The van der Waals surface area contributed by atoms with Crippen molar-refractivity contribution >= 4 is 17.2 Å². The van der Waals surface area contributed by atoms with Crippen LogP contribution in [0.15, 0.2) is 30.3 Å². The average molecular weight is 343 g/mol. The SMILES string of the molecule is Cc1nnc(CCNC(=O)C(c2ccccc2)n2nnnc2C)s1. The standard InChI is InChI=1S/C15H17N7OS/c1-10-17-20-21-22(10)14(12-6-4-3-5-7-12)15(23)16-9-8-13-19-18-11(2)24-13/h3-7,14H,8-9H2,1-2H3,(H,16,23). The first kappa shape index (κ1) is 16.2. The summed E-state index contributed by atoms with van der Waals surface area (Å²) in [5.74, 6) is 0.427. The van der Waals surface area contributed by atoms with Crippen LogP contribution in [0.4, 0.5) is 0 Å². The van der Waals surface area contributed by atoms with Crippen LogP contribution in [0.3, 0.4) is 0 Å². The number of nitrogens with one attached hydrogen (secondary N) is 1. The molecule has 0 aliphatic rings. The number of hydrogen-bond acceptors (Lipinski definition) is 7. The molecule has 2 aromatic heterocycles. The Labute approximate surface area is 142 Å². The van der Waals surface area contributed by atoms with E-state index in [0.29, 0.717) is 18.8 Å². The van der Waals surface area contributed by atoms with E-state index in [1.807, 2.05) is 37.3 Å². The van der Waals surface area contributed by atoms with Gasteiger partial charge in [0.25, 0.3) is 0 Å². The number of aromatic nitrogens is 6. The van der Waals surface area contributed by atoms with Crippen LogP contribution in [-0.4, -0.2) is 42.9 Å². The smallest absolute Gasteiger partial charge is 0.249 e. The molecule has 9 heteroatoms. The Morgan fingerprint density at radius 1 is 1.21 bits per heavy atom. The lowest BCUT2D eigenvalue weighted by Crippen LogP contribution is -2.35. The van der Waals surface area contributed by atoms with Gasteiger partial charge in [-0.25, -0.2) is 4.68 Å². The molecule has 0 saturated heterocycles. The number of aryl methyl sites for hydroxylation is 2. The van der Waals surface area contributed by atoms with Crippen molar-refractivity contribution in [3.8, 4) is 0 Å². The first-order valence-electron chi connectivity index (χ1n) is 7.51. The number of hydrogen-bond donors (Lipinski definition) is 1. The molecule has 24 heavy (non-hydrogen) atoms. The number of carbonyl (C=O) groups is 1. The quantitative estimate of drug-likeness (QED) is 0.719. The maximum Gasteiger partial charge on any atom is 0.249 e. The molecule has 8 nitrogen and oxygen atoms in total. The Balaban J connectivity index is 1.73. The molecule has 124 valence electrons. The Hall–Kier alpha value is -2.68. The fourth-order valence-electron chi connectivity index (χ4n) is 2.34. The molecule has 0 radical (unpaired) electrons. The maximum atomic E-state index is 12.7. The van der Waals surface area contributed by atoms with Crippen LogP contribution >= 0.6 is 11.3 Å². The number of rotatable bonds is 6. The largest absolute Gasteiger partial charge is 0.354 e. The van der Waals surface area contributed by atoms with Crippen molar-refractivity contribution in [1.82, 2.24) is 35.7 Å². The molecule has 1 unspecified atom stereocenters. The van der Waals surface area contributed by atoms with Crippen molar-refractivity contribution in [2.75, 3.05) is 6.54 Å². The highest BCUT2D eigenvalue weighted by atomic mass is 32.1. The van der Waals surface area contributed by atoms with Gasteiger partial charge in [-0.3, -0.25) is 4.79 Å². The van der Waals surface area contributed by atoms with Crippen molar-refractivity contribution in [3.63, 3.8) is 0 Å². The van der Waals surface area contributed by atoms with Gasteiger partial charge in [0.15, 0.2) is 6.04 Å². The van der Waals surface area contributed by atoms with Gasteiger partial charge in [-0.05, 0) is 29.8 Å². The topological polar surface area (TPSA) is 98.5 Å². The van der Waals surface area contributed by atoms with E-state index in [-0.39, 0.29) is 5.91 Å². The second-order valence-corrected chi connectivity index (χ2v) is 6.51. The fourth-order valence-corrected chi connectivity index (χ4v) is 3.05. The highest BCUT2D eigenvalue weighted by molar-refractivity contribution is 7.11. The first-order chi connectivity index (χ1) is 11.6. The number of amides is 1. The van der Waals surface area contributed by atoms with Gasteiger partial charge >= 0.3 is 0 Å². The minimum atomic E-state index is -0.600. The first-order valence-corrected chi connectivity index (χ1v) is 8.33. The maximum absolute atomic E-state index is 12.7. The second kappa shape index (κ2) is 7.26. The molecule has 2 heterocycles. The van der Waals surface area contributed by atoms with Gasteiger partial charge < -0.3 is 5.32 Å². The molecule has 0 bridgehead atoms. The minimum Gasteiger partial charge on any atom is -0.354 e. The summed E-state index contributed by atoms with van der Waals surface area (Å²) < 4.78 is 1.53. The number of tetrazole rings is 1. The van der Waals surface area contributed by atoms with Gasteiger partial charge in [0, 0.05) is 13.0 Å². The fraction of sp³-hybridized carbons (Fsp3) is 0.333. The van der Waals surface area contributed by atoms with Crippen molar-refractivity contribution in [2.24, 2.45) is 0 Å². The summed E-state index contributed by atoms with van der Waals surface area (Å²) in [7, 11) is 0. The Bertz CT molecular complexity index is 814. The molecule has 0 aliphatic carbocycles. The summed E-state index contributed by atoms with van der Waals surface area (Å²) in [6.07, 6.45) is 0.646. The zero-order valence-electron chi connectivity index (χ0n) is 13.4. The molecule has 0 aliphatic heterocycles. The lowest BCUT2D eigenvalue weighted by Gasteiger charge is -2.17. The van der Waals surface area contributed by atoms with Crippen LogP contribution in [0.5, 0.6) is 0 Å². The van der Waals surface area contributed by atoms with Crippen molar-refractivity contribution in [1.29, 1.82) is 0 Å². The van der Waals surface area contributed by atoms with Gasteiger partial charge in [-0.2, -0.15) is 0 Å². The van der Waals surface area contributed by atoms with Crippen LogP contribution < -0.4 is 5.32 Å².